The van der Waals surface area contributed by atoms with Crippen LogP contribution in [0.1, 0.15) is 24.3 Å². The molecule has 1 aliphatic rings. The summed E-state index contributed by atoms with van der Waals surface area (Å²) in [6, 6.07) is 26.2. The molecule has 0 unspecified atom stereocenters. The quantitative estimate of drug-likeness (QED) is 0.262. The van der Waals surface area contributed by atoms with Crippen LogP contribution in [-0.2, 0) is 0 Å². The molecule has 0 spiro atoms. The lowest BCUT2D eigenvalue weighted by Crippen LogP contribution is -2.33. The van der Waals surface area contributed by atoms with Gasteiger partial charge in [-0.3, -0.25) is 4.57 Å². The van der Waals surface area contributed by atoms with E-state index in [1.54, 1.807) is 6.33 Å². The van der Waals surface area contributed by atoms with Crippen LogP contribution in [0.25, 0.3) is 28.2 Å². The van der Waals surface area contributed by atoms with Crippen LogP contribution in [0, 0.1) is 0 Å². The largest absolute Gasteiger partial charge is 0.355 e. The van der Waals surface area contributed by atoms with Crippen LogP contribution in [0.4, 0.5) is 5.82 Å². The van der Waals surface area contributed by atoms with E-state index in [0.717, 1.165) is 60.0 Å². The predicted molar refractivity (Wildman–Crippen MR) is 143 cm³/mol. The van der Waals surface area contributed by atoms with Gasteiger partial charge in [-0.25, -0.2) is 15.0 Å². The third-order valence-electron chi connectivity index (χ3n) is 6.69. The first-order chi connectivity index (χ1) is 17.2. The molecule has 0 saturated carbocycles. The summed E-state index contributed by atoms with van der Waals surface area (Å²) in [6.45, 7) is 1.84. The van der Waals surface area contributed by atoms with Gasteiger partial charge in [0.05, 0.1) is 5.02 Å². The Labute approximate surface area is 214 Å². The standard InChI is InChI=1S/C28H23Cl2N5/c29-21-10-12-22(13-11-21)35-26(23-8-4-5-9-24(23)30)33-25-27(31-18-32-28(25)35)34-16-14-20(15-17-34)19-6-2-1-3-7-19/h1-13,18,20H,14-17H2. The van der Waals surface area contributed by atoms with Gasteiger partial charge in [0, 0.05) is 29.4 Å². The van der Waals surface area contributed by atoms with Crippen molar-refractivity contribution in [3.63, 3.8) is 0 Å². The number of piperidine rings is 1. The average Bonchev–Trinajstić information content (AvgIpc) is 3.29. The Hall–Kier alpha value is -3.41. The normalized spacial score (nSPS) is 14.5. The smallest absolute Gasteiger partial charge is 0.170 e. The number of fused-ring (bicyclic) bond motifs is 1. The molecule has 35 heavy (non-hydrogen) atoms. The summed E-state index contributed by atoms with van der Waals surface area (Å²) in [6.07, 6.45) is 3.78. The maximum atomic E-state index is 6.61. The second-order valence-electron chi connectivity index (χ2n) is 8.77. The topological polar surface area (TPSA) is 46.8 Å². The number of hydrogen-bond acceptors (Lipinski definition) is 4. The van der Waals surface area contributed by atoms with Crippen molar-refractivity contribution in [2.45, 2.75) is 18.8 Å². The lowest BCUT2D eigenvalue weighted by molar-refractivity contribution is 0.503. The number of imidazole rings is 1. The van der Waals surface area contributed by atoms with Gasteiger partial charge in [-0.2, -0.15) is 0 Å². The Kier molecular flexibility index (Phi) is 5.88. The molecule has 1 fully saturated rings. The van der Waals surface area contributed by atoms with Crippen LogP contribution in [-0.4, -0.2) is 32.6 Å². The van der Waals surface area contributed by atoms with E-state index >= 15 is 0 Å². The molecule has 7 heteroatoms. The van der Waals surface area contributed by atoms with E-state index in [-0.39, 0.29) is 0 Å². The SMILES string of the molecule is Clc1ccc(-n2c(-c3ccccc3Cl)nc3c(N4CCC(c5ccccc5)CC4)ncnc32)cc1. The van der Waals surface area contributed by atoms with Crippen molar-refractivity contribution in [2.24, 2.45) is 0 Å². The van der Waals surface area contributed by atoms with Crippen LogP contribution < -0.4 is 4.90 Å². The van der Waals surface area contributed by atoms with Gasteiger partial charge in [0.25, 0.3) is 0 Å². The molecule has 2 aromatic heterocycles. The summed E-state index contributed by atoms with van der Waals surface area (Å²) in [7, 11) is 0. The zero-order chi connectivity index (χ0) is 23.8. The molecular formula is C28H23Cl2N5. The average molecular weight is 500 g/mol. The lowest BCUT2D eigenvalue weighted by atomic mass is 9.89. The molecule has 1 saturated heterocycles. The number of rotatable bonds is 4. The van der Waals surface area contributed by atoms with Crippen molar-refractivity contribution in [2.75, 3.05) is 18.0 Å². The third kappa shape index (κ3) is 4.15. The Morgan fingerprint density at radius 3 is 2.23 bits per heavy atom. The van der Waals surface area contributed by atoms with Gasteiger partial charge in [0.15, 0.2) is 17.0 Å². The number of nitrogens with zero attached hydrogens (tertiary/aromatic N) is 5. The van der Waals surface area contributed by atoms with E-state index in [4.69, 9.17) is 33.2 Å². The maximum Gasteiger partial charge on any atom is 0.170 e. The van der Waals surface area contributed by atoms with Gasteiger partial charge in [-0.05, 0) is 60.7 Å². The second-order valence-corrected chi connectivity index (χ2v) is 9.61. The summed E-state index contributed by atoms with van der Waals surface area (Å²) in [5, 5.41) is 1.31. The molecule has 0 aliphatic carbocycles. The molecule has 3 aromatic carbocycles. The monoisotopic (exact) mass is 499 g/mol. The zero-order valence-electron chi connectivity index (χ0n) is 19.0. The molecule has 0 radical (unpaired) electrons. The highest BCUT2D eigenvalue weighted by molar-refractivity contribution is 6.33. The molecule has 174 valence electrons. The molecule has 1 aliphatic heterocycles. The highest BCUT2D eigenvalue weighted by Gasteiger charge is 2.26. The third-order valence-corrected chi connectivity index (χ3v) is 7.27. The number of halogens is 2. The Morgan fingerprint density at radius 2 is 1.49 bits per heavy atom. The van der Waals surface area contributed by atoms with Gasteiger partial charge in [0.2, 0.25) is 0 Å². The summed E-state index contributed by atoms with van der Waals surface area (Å²) in [4.78, 5) is 16.8. The number of benzene rings is 3. The first-order valence-corrected chi connectivity index (χ1v) is 12.5. The van der Waals surface area contributed by atoms with E-state index in [1.165, 1.54) is 5.56 Å². The minimum atomic E-state index is 0.565. The van der Waals surface area contributed by atoms with Crippen molar-refractivity contribution in [3.8, 4) is 17.1 Å². The van der Waals surface area contributed by atoms with Crippen LogP contribution in [0.3, 0.4) is 0 Å². The van der Waals surface area contributed by atoms with Crippen LogP contribution in [0.15, 0.2) is 85.2 Å². The van der Waals surface area contributed by atoms with Crippen LogP contribution in [0.2, 0.25) is 10.0 Å². The minimum absolute atomic E-state index is 0.565. The van der Waals surface area contributed by atoms with Crippen LogP contribution >= 0.6 is 23.2 Å². The maximum absolute atomic E-state index is 6.61. The van der Waals surface area contributed by atoms with Gasteiger partial charge in [-0.1, -0.05) is 65.7 Å². The van der Waals surface area contributed by atoms with E-state index in [0.29, 0.717) is 16.0 Å². The lowest BCUT2D eigenvalue weighted by Gasteiger charge is -2.33. The van der Waals surface area contributed by atoms with Crippen molar-refractivity contribution >= 4 is 40.2 Å². The fourth-order valence-electron chi connectivity index (χ4n) is 4.92. The van der Waals surface area contributed by atoms with E-state index in [2.05, 4.69) is 40.2 Å². The van der Waals surface area contributed by atoms with Crippen molar-refractivity contribution < 1.29 is 0 Å². The van der Waals surface area contributed by atoms with Gasteiger partial charge in [0.1, 0.15) is 12.2 Å². The Bertz CT molecular complexity index is 1470. The first kappa shape index (κ1) is 22.1. The molecule has 0 amide bonds. The van der Waals surface area contributed by atoms with Crippen LogP contribution in [0.5, 0.6) is 0 Å². The fraction of sp³-hybridized carbons (Fsp3) is 0.179. The number of hydrogen-bond donors (Lipinski definition) is 0. The summed E-state index contributed by atoms with van der Waals surface area (Å²) in [5.41, 5.74) is 4.69. The van der Waals surface area contributed by atoms with Gasteiger partial charge in [-0.15, -0.1) is 0 Å². The summed E-state index contributed by atoms with van der Waals surface area (Å²) < 4.78 is 2.04. The molecule has 0 atom stereocenters. The van der Waals surface area contributed by atoms with E-state index in [9.17, 15) is 0 Å². The Morgan fingerprint density at radius 1 is 0.771 bits per heavy atom. The van der Waals surface area contributed by atoms with Crippen molar-refractivity contribution in [1.82, 2.24) is 19.5 Å². The molecule has 5 nitrogen and oxygen atoms in total. The zero-order valence-corrected chi connectivity index (χ0v) is 20.5. The molecule has 0 N–H and O–H groups in total. The Balaban J connectivity index is 1.44. The number of aromatic nitrogens is 4. The van der Waals surface area contributed by atoms with E-state index in [1.807, 2.05) is 53.1 Å². The van der Waals surface area contributed by atoms with Crippen molar-refractivity contribution in [3.05, 3.63) is 101 Å². The molecular weight excluding hydrogens is 477 g/mol. The van der Waals surface area contributed by atoms with Gasteiger partial charge >= 0.3 is 0 Å². The molecule has 5 aromatic rings. The van der Waals surface area contributed by atoms with Gasteiger partial charge < -0.3 is 4.90 Å². The fourth-order valence-corrected chi connectivity index (χ4v) is 5.27. The van der Waals surface area contributed by atoms with E-state index < -0.39 is 0 Å². The highest BCUT2D eigenvalue weighted by atomic mass is 35.5. The summed E-state index contributed by atoms with van der Waals surface area (Å²) in [5.74, 6) is 2.16. The first-order valence-electron chi connectivity index (χ1n) is 11.7. The predicted octanol–water partition coefficient (Wildman–Crippen LogP) is 7.17. The minimum Gasteiger partial charge on any atom is -0.355 e. The highest BCUT2D eigenvalue weighted by Crippen LogP contribution is 2.36. The second kappa shape index (κ2) is 9.33. The molecule has 3 heterocycles. The van der Waals surface area contributed by atoms with Crippen molar-refractivity contribution in [1.29, 1.82) is 0 Å². The molecule has 6 rings (SSSR count). The summed E-state index contributed by atoms with van der Waals surface area (Å²) >= 11 is 12.8. The number of anilines is 1. The molecule has 0 bridgehead atoms.